The monoisotopic (exact) mass is 315 g/mol. The average Bonchev–Trinajstić information content (AvgIpc) is 3.12. The fourth-order valence-electron chi connectivity index (χ4n) is 3.63. The third-order valence-electron chi connectivity index (χ3n) is 4.69. The van der Waals surface area contributed by atoms with Crippen LogP contribution in [0.15, 0.2) is 54.7 Å². The molecule has 0 fully saturated rings. The van der Waals surface area contributed by atoms with E-state index in [0.717, 1.165) is 23.0 Å². The number of fused-ring (bicyclic) bond motifs is 2. The number of hydrogen-bond donors (Lipinski definition) is 0. The molecule has 2 heterocycles. The summed E-state index contributed by atoms with van der Waals surface area (Å²) in [7, 11) is 0. The minimum Gasteiger partial charge on any atom is -0.337 e. The first-order valence-corrected chi connectivity index (χ1v) is 8.07. The Balaban J connectivity index is 1.70. The van der Waals surface area contributed by atoms with Crippen molar-refractivity contribution in [2.75, 3.05) is 4.90 Å². The number of benzene rings is 2. The second-order valence-corrected chi connectivity index (χ2v) is 6.25. The largest absolute Gasteiger partial charge is 0.337 e. The van der Waals surface area contributed by atoms with Crippen molar-refractivity contribution in [3.63, 3.8) is 0 Å². The van der Waals surface area contributed by atoms with Crippen LogP contribution in [0.25, 0.3) is 10.9 Å². The SMILES string of the molecule is C[C@@H]1Cc2ccccc2N1C(=O)Cn1cc(C#N)c2ccccc21. The van der Waals surface area contributed by atoms with Crippen molar-refractivity contribution in [3.05, 3.63) is 65.9 Å². The molecule has 1 atom stereocenters. The standard InChI is InChI=1S/C20H17N3O/c1-14-10-15-6-2-4-8-18(15)23(14)20(24)13-22-12-16(11-21)17-7-3-5-9-19(17)22/h2-9,12,14H,10,13H2,1H3/t14-/m1/s1. The lowest BCUT2D eigenvalue weighted by atomic mass is 10.1. The molecule has 4 heteroatoms. The summed E-state index contributed by atoms with van der Waals surface area (Å²) in [4.78, 5) is 14.8. The maximum absolute atomic E-state index is 13.0. The number of aromatic nitrogens is 1. The van der Waals surface area contributed by atoms with Crippen molar-refractivity contribution >= 4 is 22.5 Å². The lowest BCUT2D eigenvalue weighted by Crippen LogP contribution is -2.37. The van der Waals surface area contributed by atoms with E-state index in [9.17, 15) is 10.1 Å². The van der Waals surface area contributed by atoms with E-state index in [1.807, 2.05) is 51.9 Å². The van der Waals surface area contributed by atoms with Gasteiger partial charge in [-0.15, -0.1) is 0 Å². The molecule has 1 aliphatic heterocycles. The van der Waals surface area contributed by atoms with Gasteiger partial charge in [0.2, 0.25) is 5.91 Å². The zero-order valence-corrected chi connectivity index (χ0v) is 13.4. The normalized spacial score (nSPS) is 16.2. The maximum Gasteiger partial charge on any atom is 0.247 e. The molecule has 24 heavy (non-hydrogen) atoms. The molecular weight excluding hydrogens is 298 g/mol. The zero-order chi connectivity index (χ0) is 16.7. The first-order valence-electron chi connectivity index (χ1n) is 8.07. The van der Waals surface area contributed by atoms with Crippen molar-refractivity contribution in [1.29, 1.82) is 5.26 Å². The van der Waals surface area contributed by atoms with Crippen molar-refractivity contribution in [1.82, 2.24) is 4.57 Å². The fourth-order valence-corrected chi connectivity index (χ4v) is 3.63. The topological polar surface area (TPSA) is 49.0 Å². The van der Waals surface area contributed by atoms with Crippen LogP contribution in [-0.2, 0) is 17.8 Å². The highest BCUT2D eigenvalue weighted by Gasteiger charge is 2.30. The summed E-state index contributed by atoms with van der Waals surface area (Å²) >= 11 is 0. The Labute approximate surface area is 140 Å². The van der Waals surface area contributed by atoms with E-state index >= 15 is 0 Å². The van der Waals surface area contributed by atoms with Crippen LogP contribution in [0.2, 0.25) is 0 Å². The molecule has 2 aromatic carbocycles. The molecule has 118 valence electrons. The molecule has 0 N–H and O–H groups in total. The molecule has 0 unspecified atom stereocenters. The second-order valence-electron chi connectivity index (χ2n) is 6.25. The number of carbonyl (C=O) groups excluding carboxylic acids is 1. The summed E-state index contributed by atoms with van der Waals surface area (Å²) in [6.07, 6.45) is 2.66. The Morgan fingerprint density at radius 3 is 2.79 bits per heavy atom. The smallest absolute Gasteiger partial charge is 0.247 e. The number of nitriles is 1. The van der Waals surface area contributed by atoms with E-state index in [0.29, 0.717) is 5.56 Å². The van der Waals surface area contributed by atoms with E-state index < -0.39 is 0 Å². The Morgan fingerprint density at radius 2 is 1.96 bits per heavy atom. The van der Waals surface area contributed by atoms with Gasteiger partial charge in [0.15, 0.2) is 0 Å². The maximum atomic E-state index is 13.0. The van der Waals surface area contributed by atoms with E-state index in [1.165, 1.54) is 5.56 Å². The molecule has 1 aromatic heterocycles. The van der Waals surface area contributed by atoms with Crippen LogP contribution in [0.4, 0.5) is 5.69 Å². The zero-order valence-electron chi connectivity index (χ0n) is 13.4. The second kappa shape index (κ2) is 5.54. The molecule has 0 saturated heterocycles. The van der Waals surface area contributed by atoms with E-state index in [1.54, 1.807) is 6.20 Å². The van der Waals surface area contributed by atoms with Crippen molar-refractivity contribution in [2.24, 2.45) is 0 Å². The van der Waals surface area contributed by atoms with Gasteiger partial charge in [0.1, 0.15) is 12.6 Å². The summed E-state index contributed by atoms with van der Waals surface area (Å²) < 4.78 is 1.88. The van der Waals surface area contributed by atoms with Gasteiger partial charge < -0.3 is 9.47 Å². The van der Waals surface area contributed by atoms with Gasteiger partial charge in [-0.3, -0.25) is 4.79 Å². The molecular formula is C20H17N3O. The van der Waals surface area contributed by atoms with Crippen LogP contribution in [0.5, 0.6) is 0 Å². The minimum atomic E-state index is 0.0534. The van der Waals surface area contributed by atoms with Crippen LogP contribution in [0.3, 0.4) is 0 Å². The molecule has 0 saturated carbocycles. The van der Waals surface area contributed by atoms with Crippen molar-refractivity contribution in [3.8, 4) is 6.07 Å². The van der Waals surface area contributed by atoms with Gasteiger partial charge in [-0.2, -0.15) is 5.26 Å². The molecule has 3 aromatic rings. The lowest BCUT2D eigenvalue weighted by Gasteiger charge is -2.23. The first-order chi connectivity index (χ1) is 11.7. The van der Waals surface area contributed by atoms with Crippen LogP contribution in [0.1, 0.15) is 18.1 Å². The highest BCUT2D eigenvalue weighted by Crippen LogP contribution is 2.32. The van der Waals surface area contributed by atoms with Gasteiger partial charge in [-0.1, -0.05) is 36.4 Å². The number of nitrogens with zero attached hydrogens (tertiary/aromatic N) is 3. The van der Waals surface area contributed by atoms with Crippen molar-refractivity contribution < 1.29 is 4.79 Å². The highest BCUT2D eigenvalue weighted by atomic mass is 16.2. The molecule has 0 bridgehead atoms. The molecule has 1 aliphatic rings. The summed E-state index contributed by atoms with van der Waals surface area (Å²) in [5, 5.41) is 10.2. The van der Waals surface area contributed by atoms with Gasteiger partial charge in [-0.25, -0.2) is 0 Å². The average molecular weight is 315 g/mol. The van der Waals surface area contributed by atoms with Crippen LogP contribution in [0, 0.1) is 11.3 Å². The Hall–Kier alpha value is -3.06. The van der Waals surface area contributed by atoms with Gasteiger partial charge >= 0.3 is 0 Å². The number of rotatable bonds is 2. The van der Waals surface area contributed by atoms with Gasteiger partial charge in [-0.05, 0) is 31.0 Å². The number of amides is 1. The number of hydrogen-bond acceptors (Lipinski definition) is 2. The lowest BCUT2D eigenvalue weighted by molar-refractivity contribution is -0.119. The first kappa shape index (κ1) is 14.5. The minimum absolute atomic E-state index is 0.0534. The quantitative estimate of drug-likeness (QED) is 0.727. The number of carbonyl (C=O) groups is 1. The Bertz CT molecular complexity index is 980. The molecule has 0 aliphatic carbocycles. The summed E-state index contributed by atoms with van der Waals surface area (Å²) in [5.41, 5.74) is 3.75. The number of para-hydroxylation sites is 2. The summed E-state index contributed by atoms with van der Waals surface area (Å²) in [5.74, 6) is 0.0534. The number of anilines is 1. The van der Waals surface area contributed by atoms with Crippen LogP contribution in [-0.4, -0.2) is 16.5 Å². The van der Waals surface area contributed by atoms with Crippen LogP contribution < -0.4 is 4.90 Å². The van der Waals surface area contributed by atoms with Crippen molar-refractivity contribution in [2.45, 2.75) is 25.9 Å². The van der Waals surface area contributed by atoms with E-state index in [2.05, 4.69) is 19.1 Å². The Morgan fingerprint density at radius 1 is 1.21 bits per heavy atom. The third kappa shape index (κ3) is 2.17. The fraction of sp³-hybridized carbons (Fsp3) is 0.200. The van der Waals surface area contributed by atoms with E-state index in [4.69, 9.17) is 0 Å². The molecule has 0 radical (unpaired) electrons. The van der Waals surface area contributed by atoms with E-state index in [-0.39, 0.29) is 18.5 Å². The van der Waals surface area contributed by atoms with Crippen LogP contribution >= 0.6 is 0 Å². The predicted octanol–water partition coefficient (Wildman–Crippen LogP) is 3.49. The highest BCUT2D eigenvalue weighted by molar-refractivity contribution is 5.97. The molecule has 4 rings (SSSR count). The van der Waals surface area contributed by atoms with Gasteiger partial charge in [0.05, 0.1) is 5.56 Å². The third-order valence-corrected chi connectivity index (χ3v) is 4.69. The van der Waals surface area contributed by atoms with Gasteiger partial charge in [0, 0.05) is 28.8 Å². The molecule has 0 spiro atoms. The predicted molar refractivity (Wildman–Crippen MR) is 93.7 cm³/mol. The Kier molecular flexibility index (Phi) is 3.35. The summed E-state index contributed by atoms with van der Waals surface area (Å²) in [6, 6.07) is 18.1. The molecule has 1 amide bonds. The van der Waals surface area contributed by atoms with Gasteiger partial charge in [0.25, 0.3) is 0 Å². The molecule has 4 nitrogen and oxygen atoms in total. The summed E-state index contributed by atoms with van der Waals surface area (Å²) in [6.45, 7) is 2.31.